The number of ether oxygens (including phenoxy) is 2. The molecule has 2 heterocycles. The van der Waals surface area contributed by atoms with Crippen molar-refractivity contribution >= 4 is 10.0 Å². The molecule has 0 aromatic heterocycles. The van der Waals surface area contributed by atoms with Gasteiger partial charge in [0.1, 0.15) is 5.75 Å². The zero-order chi connectivity index (χ0) is 17.5. The van der Waals surface area contributed by atoms with Gasteiger partial charge in [0.25, 0.3) is 0 Å². The number of methoxy groups -OCH3 is 2. The van der Waals surface area contributed by atoms with Gasteiger partial charge >= 0.3 is 0 Å². The number of likely N-dealkylation sites (N-methyl/N-ethyl adjacent to an activating group) is 1. The molecule has 2 bridgehead atoms. The molecule has 3 rings (SSSR count). The van der Waals surface area contributed by atoms with Crippen LogP contribution < -0.4 is 4.74 Å². The van der Waals surface area contributed by atoms with Crippen molar-refractivity contribution in [3.05, 3.63) is 24.3 Å². The molecule has 134 valence electrons. The number of piperazine rings is 1. The molecule has 0 radical (unpaired) electrons. The predicted octanol–water partition coefficient (Wildman–Crippen LogP) is 1.42. The lowest BCUT2D eigenvalue weighted by Gasteiger charge is -2.44. The van der Waals surface area contributed by atoms with E-state index in [2.05, 4.69) is 11.9 Å². The van der Waals surface area contributed by atoms with E-state index in [0.717, 1.165) is 6.42 Å². The molecule has 2 aliphatic rings. The number of hydrogen-bond acceptors (Lipinski definition) is 5. The second-order valence-corrected chi connectivity index (χ2v) is 8.65. The summed E-state index contributed by atoms with van der Waals surface area (Å²) in [6.07, 6.45) is 0.976. The van der Waals surface area contributed by atoms with Crippen LogP contribution in [-0.4, -0.2) is 70.2 Å². The zero-order valence-electron chi connectivity index (χ0n) is 14.7. The van der Waals surface area contributed by atoms with Gasteiger partial charge in [-0.1, -0.05) is 6.07 Å². The van der Waals surface area contributed by atoms with Crippen LogP contribution in [0, 0.1) is 5.92 Å². The normalized spacial score (nSPS) is 31.3. The molecule has 4 atom stereocenters. The third-order valence-corrected chi connectivity index (χ3v) is 7.42. The summed E-state index contributed by atoms with van der Waals surface area (Å²) >= 11 is 0. The first-order chi connectivity index (χ1) is 11.4. The summed E-state index contributed by atoms with van der Waals surface area (Å²) in [5, 5.41) is 0. The van der Waals surface area contributed by atoms with Crippen molar-refractivity contribution in [1.29, 1.82) is 0 Å². The number of hydrogen-bond donors (Lipinski definition) is 0. The SMILES string of the molecule is COC[C@H]1C[C@@H]2CN(S(=O)(=O)c3cccc(OC)c3)C(C)[C@H]1N2C. The Morgan fingerprint density at radius 3 is 2.71 bits per heavy atom. The summed E-state index contributed by atoms with van der Waals surface area (Å²) in [6.45, 7) is 3.19. The highest BCUT2D eigenvalue weighted by Gasteiger charge is 2.51. The van der Waals surface area contributed by atoms with E-state index in [9.17, 15) is 8.42 Å². The van der Waals surface area contributed by atoms with Gasteiger partial charge in [0, 0.05) is 43.8 Å². The minimum absolute atomic E-state index is 0.0925. The van der Waals surface area contributed by atoms with Gasteiger partial charge in [0.15, 0.2) is 0 Å². The molecular weight excluding hydrogens is 328 g/mol. The number of rotatable bonds is 5. The smallest absolute Gasteiger partial charge is 0.243 e. The molecule has 0 saturated carbocycles. The fourth-order valence-corrected chi connectivity index (χ4v) is 6.02. The first-order valence-electron chi connectivity index (χ1n) is 8.27. The Hall–Kier alpha value is -1.15. The highest BCUT2D eigenvalue weighted by molar-refractivity contribution is 7.89. The first-order valence-corrected chi connectivity index (χ1v) is 9.71. The number of benzene rings is 1. The summed E-state index contributed by atoms with van der Waals surface area (Å²) in [5.41, 5.74) is 0. The molecule has 1 aromatic carbocycles. The number of sulfonamides is 1. The van der Waals surface area contributed by atoms with E-state index in [1.165, 1.54) is 0 Å². The summed E-state index contributed by atoms with van der Waals surface area (Å²) in [4.78, 5) is 2.62. The van der Waals surface area contributed by atoms with E-state index in [1.54, 1.807) is 42.8 Å². The maximum atomic E-state index is 13.2. The van der Waals surface area contributed by atoms with Crippen molar-refractivity contribution < 1.29 is 17.9 Å². The van der Waals surface area contributed by atoms with Crippen molar-refractivity contribution in [3.8, 4) is 5.75 Å². The molecule has 6 nitrogen and oxygen atoms in total. The minimum Gasteiger partial charge on any atom is -0.497 e. The van der Waals surface area contributed by atoms with Gasteiger partial charge in [-0.15, -0.1) is 0 Å². The Morgan fingerprint density at radius 1 is 1.29 bits per heavy atom. The van der Waals surface area contributed by atoms with Crippen molar-refractivity contribution in [2.24, 2.45) is 5.92 Å². The second kappa shape index (κ2) is 6.63. The van der Waals surface area contributed by atoms with Crippen LogP contribution in [0.5, 0.6) is 5.75 Å². The van der Waals surface area contributed by atoms with Crippen molar-refractivity contribution in [2.75, 3.05) is 34.4 Å². The fraction of sp³-hybridized carbons (Fsp3) is 0.647. The molecule has 7 heteroatoms. The summed E-state index contributed by atoms with van der Waals surface area (Å²) in [7, 11) is 1.80. The fourth-order valence-electron chi connectivity index (χ4n) is 4.31. The van der Waals surface area contributed by atoms with Crippen LogP contribution in [0.25, 0.3) is 0 Å². The topological polar surface area (TPSA) is 59.1 Å². The molecule has 2 aliphatic heterocycles. The maximum absolute atomic E-state index is 13.2. The Morgan fingerprint density at radius 2 is 2.04 bits per heavy atom. The lowest BCUT2D eigenvalue weighted by molar-refractivity contribution is 0.0624. The second-order valence-electron chi connectivity index (χ2n) is 6.76. The highest BCUT2D eigenvalue weighted by Crippen LogP contribution is 2.39. The first kappa shape index (κ1) is 17.7. The molecule has 24 heavy (non-hydrogen) atoms. The van der Waals surface area contributed by atoms with Crippen LogP contribution in [0.2, 0.25) is 0 Å². The maximum Gasteiger partial charge on any atom is 0.243 e. The Labute approximate surface area is 144 Å². The average molecular weight is 354 g/mol. The zero-order valence-corrected chi connectivity index (χ0v) is 15.5. The molecule has 0 amide bonds. The number of fused-ring (bicyclic) bond motifs is 2. The Balaban J connectivity index is 1.92. The van der Waals surface area contributed by atoms with Crippen LogP contribution in [-0.2, 0) is 14.8 Å². The van der Waals surface area contributed by atoms with E-state index in [1.807, 2.05) is 6.92 Å². The molecule has 2 saturated heterocycles. The molecular formula is C17H26N2O4S. The Bertz CT molecular complexity index is 694. The van der Waals surface area contributed by atoms with Gasteiger partial charge in [0.2, 0.25) is 10.0 Å². The van der Waals surface area contributed by atoms with Gasteiger partial charge in [-0.25, -0.2) is 8.42 Å². The largest absolute Gasteiger partial charge is 0.497 e. The van der Waals surface area contributed by atoms with E-state index in [-0.39, 0.29) is 18.1 Å². The lowest BCUT2D eigenvalue weighted by atomic mass is 9.96. The molecule has 1 unspecified atom stereocenters. The van der Waals surface area contributed by atoms with E-state index in [4.69, 9.17) is 9.47 Å². The van der Waals surface area contributed by atoms with Crippen molar-refractivity contribution in [1.82, 2.24) is 9.21 Å². The van der Waals surface area contributed by atoms with E-state index >= 15 is 0 Å². The summed E-state index contributed by atoms with van der Waals surface area (Å²) < 4.78 is 38.5. The summed E-state index contributed by atoms with van der Waals surface area (Å²) in [6, 6.07) is 7.03. The van der Waals surface area contributed by atoms with Gasteiger partial charge < -0.3 is 9.47 Å². The van der Waals surface area contributed by atoms with Gasteiger partial charge in [-0.3, -0.25) is 4.90 Å². The van der Waals surface area contributed by atoms with Gasteiger partial charge in [-0.2, -0.15) is 4.31 Å². The molecule has 0 spiro atoms. The standard InChI is InChI=1S/C17H26N2O4S/c1-12-17-13(11-22-3)8-14(18(17)2)10-19(12)24(20,21)16-7-5-6-15(9-16)23-4/h5-7,9,12-14,17H,8,10-11H2,1-4H3/t12?,13-,14-,17-/m1/s1. The summed E-state index contributed by atoms with van der Waals surface area (Å²) in [5.74, 6) is 0.920. The van der Waals surface area contributed by atoms with E-state index < -0.39 is 10.0 Å². The van der Waals surface area contributed by atoms with Crippen LogP contribution in [0.3, 0.4) is 0 Å². The van der Waals surface area contributed by atoms with Crippen LogP contribution in [0.15, 0.2) is 29.2 Å². The third-order valence-electron chi connectivity index (χ3n) is 5.47. The Kier molecular flexibility index (Phi) is 4.88. The molecule has 0 N–H and O–H groups in total. The third kappa shape index (κ3) is 2.83. The van der Waals surface area contributed by atoms with Gasteiger partial charge in [-0.05, 0) is 32.5 Å². The van der Waals surface area contributed by atoms with Crippen LogP contribution >= 0.6 is 0 Å². The van der Waals surface area contributed by atoms with Crippen molar-refractivity contribution in [3.63, 3.8) is 0 Å². The van der Waals surface area contributed by atoms with Crippen molar-refractivity contribution in [2.45, 2.75) is 36.4 Å². The highest BCUT2D eigenvalue weighted by atomic mass is 32.2. The predicted molar refractivity (Wildman–Crippen MR) is 91.7 cm³/mol. The monoisotopic (exact) mass is 354 g/mol. The molecule has 0 aliphatic carbocycles. The average Bonchev–Trinajstić information content (AvgIpc) is 2.78. The number of nitrogens with zero attached hydrogens (tertiary/aromatic N) is 2. The lowest BCUT2D eigenvalue weighted by Crippen LogP contribution is -2.59. The minimum atomic E-state index is -3.55. The van der Waals surface area contributed by atoms with Crippen LogP contribution in [0.1, 0.15) is 13.3 Å². The van der Waals surface area contributed by atoms with Gasteiger partial charge in [0.05, 0.1) is 18.6 Å². The quantitative estimate of drug-likeness (QED) is 0.800. The molecule has 1 aromatic rings. The molecule has 2 fully saturated rings. The van der Waals surface area contributed by atoms with Crippen LogP contribution in [0.4, 0.5) is 0 Å². The van der Waals surface area contributed by atoms with E-state index in [0.29, 0.717) is 29.7 Å².